The van der Waals surface area contributed by atoms with Crippen LogP contribution in [0.5, 0.6) is 17.2 Å². The summed E-state index contributed by atoms with van der Waals surface area (Å²) in [7, 11) is 4.68. The highest BCUT2D eigenvalue weighted by Gasteiger charge is 2.16. The Morgan fingerprint density at radius 1 is 0.833 bits per heavy atom. The molecule has 7 nitrogen and oxygen atoms in total. The molecule has 0 aliphatic rings. The van der Waals surface area contributed by atoms with Gasteiger partial charge in [0.2, 0.25) is 17.6 Å². The Kier molecular flexibility index (Phi) is 9.00. The molecule has 0 aliphatic carbocycles. The maximum Gasteiger partial charge on any atom is 0.224 e. The minimum Gasteiger partial charge on any atom is -0.493 e. The normalized spacial score (nSPS) is 10.3. The lowest BCUT2D eigenvalue weighted by Crippen LogP contribution is -2.23. The molecule has 30 heavy (non-hydrogen) atoms. The van der Waals surface area contributed by atoms with Gasteiger partial charge in [-0.1, -0.05) is 25.1 Å². The summed E-state index contributed by atoms with van der Waals surface area (Å²) in [5.41, 5.74) is 2.59. The number of rotatable bonds is 11. The Morgan fingerprint density at radius 3 is 2.13 bits per heavy atom. The number of benzene rings is 2. The molecule has 7 heteroatoms. The topological polar surface area (TPSA) is 85.9 Å². The van der Waals surface area contributed by atoms with Crippen LogP contribution in [0.3, 0.4) is 0 Å². The van der Waals surface area contributed by atoms with Gasteiger partial charge in [0.25, 0.3) is 0 Å². The third-order valence-corrected chi connectivity index (χ3v) is 4.61. The molecule has 0 saturated carbocycles. The molecule has 2 amide bonds. The van der Waals surface area contributed by atoms with E-state index in [0.717, 1.165) is 23.2 Å². The van der Waals surface area contributed by atoms with E-state index in [1.807, 2.05) is 37.3 Å². The highest BCUT2D eigenvalue weighted by molar-refractivity contribution is 5.90. The first kappa shape index (κ1) is 23.1. The van der Waals surface area contributed by atoms with E-state index < -0.39 is 0 Å². The van der Waals surface area contributed by atoms with Gasteiger partial charge in [0.05, 0.1) is 21.3 Å². The molecule has 0 fully saturated rings. The van der Waals surface area contributed by atoms with Crippen molar-refractivity contribution in [2.75, 3.05) is 26.6 Å². The Labute approximate surface area is 177 Å². The molecular formula is C23H30N2O5. The number of nitrogens with one attached hydrogen (secondary N) is 2. The predicted octanol–water partition coefficient (Wildman–Crippen LogP) is 3.70. The number of carbonyl (C=O) groups is 2. The molecule has 0 atom stereocenters. The second kappa shape index (κ2) is 11.7. The second-order valence-corrected chi connectivity index (χ2v) is 6.77. The van der Waals surface area contributed by atoms with Gasteiger partial charge in [-0.05, 0) is 42.2 Å². The summed E-state index contributed by atoms with van der Waals surface area (Å²) in [5.74, 6) is 1.61. The zero-order valence-electron chi connectivity index (χ0n) is 18.0. The zero-order chi connectivity index (χ0) is 21.9. The van der Waals surface area contributed by atoms with E-state index >= 15 is 0 Å². The van der Waals surface area contributed by atoms with E-state index in [2.05, 4.69) is 10.6 Å². The van der Waals surface area contributed by atoms with E-state index in [1.54, 1.807) is 27.4 Å². The minimum absolute atomic E-state index is 0.00384. The first-order valence-electron chi connectivity index (χ1n) is 9.95. The lowest BCUT2D eigenvalue weighted by molar-refractivity contribution is -0.121. The summed E-state index contributed by atoms with van der Waals surface area (Å²) in [5, 5.41) is 5.76. The number of methoxy groups -OCH3 is 3. The van der Waals surface area contributed by atoms with Gasteiger partial charge in [0.15, 0.2) is 11.5 Å². The fraction of sp³-hybridized carbons (Fsp3) is 0.391. The van der Waals surface area contributed by atoms with Gasteiger partial charge >= 0.3 is 0 Å². The summed E-state index contributed by atoms with van der Waals surface area (Å²) in [6.07, 6.45) is 2.14. The third-order valence-electron chi connectivity index (χ3n) is 4.61. The Balaban J connectivity index is 1.88. The van der Waals surface area contributed by atoms with Crippen molar-refractivity contribution < 1.29 is 23.8 Å². The zero-order valence-corrected chi connectivity index (χ0v) is 18.0. The minimum atomic E-state index is -0.0628. The first-order chi connectivity index (χ1) is 14.5. The van der Waals surface area contributed by atoms with Crippen molar-refractivity contribution in [2.45, 2.75) is 39.2 Å². The summed E-state index contributed by atoms with van der Waals surface area (Å²) >= 11 is 0. The highest BCUT2D eigenvalue weighted by atomic mass is 16.5. The molecule has 0 radical (unpaired) electrons. The van der Waals surface area contributed by atoms with Crippen LogP contribution < -0.4 is 24.8 Å². The van der Waals surface area contributed by atoms with Gasteiger partial charge in [-0.15, -0.1) is 0 Å². The molecular weight excluding hydrogens is 384 g/mol. The average molecular weight is 415 g/mol. The lowest BCUT2D eigenvalue weighted by atomic mass is 10.1. The van der Waals surface area contributed by atoms with Gasteiger partial charge in [-0.3, -0.25) is 9.59 Å². The van der Waals surface area contributed by atoms with Gasteiger partial charge in [0, 0.05) is 25.1 Å². The van der Waals surface area contributed by atoms with Crippen molar-refractivity contribution in [2.24, 2.45) is 0 Å². The maximum atomic E-state index is 12.3. The number of aryl methyl sites for hydroxylation is 1. The number of anilines is 1. The number of ether oxygens (including phenoxy) is 3. The maximum absolute atomic E-state index is 12.3. The smallest absolute Gasteiger partial charge is 0.224 e. The monoisotopic (exact) mass is 414 g/mol. The third kappa shape index (κ3) is 6.40. The predicted molar refractivity (Wildman–Crippen MR) is 116 cm³/mol. The molecule has 0 bridgehead atoms. The van der Waals surface area contributed by atoms with Crippen molar-refractivity contribution in [3.05, 3.63) is 47.5 Å². The number of amides is 2. The van der Waals surface area contributed by atoms with Gasteiger partial charge in [-0.25, -0.2) is 0 Å². The van der Waals surface area contributed by atoms with Crippen LogP contribution in [0.1, 0.15) is 37.3 Å². The largest absolute Gasteiger partial charge is 0.493 e. The van der Waals surface area contributed by atoms with Crippen LogP contribution in [0.25, 0.3) is 0 Å². The Morgan fingerprint density at radius 2 is 1.53 bits per heavy atom. The van der Waals surface area contributed by atoms with Crippen LogP contribution in [0.4, 0.5) is 5.69 Å². The quantitative estimate of drug-likeness (QED) is 0.586. The molecule has 0 spiro atoms. The first-order valence-corrected chi connectivity index (χ1v) is 9.95. The summed E-state index contributed by atoms with van der Waals surface area (Å²) in [6.45, 7) is 2.39. The summed E-state index contributed by atoms with van der Waals surface area (Å²) in [6, 6.07) is 11.1. The molecule has 2 aromatic rings. The molecule has 0 saturated heterocycles. The summed E-state index contributed by atoms with van der Waals surface area (Å²) < 4.78 is 16.1. The van der Waals surface area contributed by atoms with E-state index in [4.69, 9.17) is 14.2 Å². The van der Waals surface area contributed by atoms with E-state index in [1.165, 1.54) is 0 Å². The number of hydrogen-bond acceptors (Lipinski definition) is 5. The van der Waals surface area contributed by atoms with Crippen molar-refractivity contribution in [1.29, 1.82) is 0 Å². The van der Waals surface area contributed by atoms with Crippen molar-refractivity contribution in [3.8, 4) is 17.2 Å². The molecule has 2 rings (SSSR count). The van der Waals surface area contributed by atoms with Gasteiger partial charge in [-0.2, -0.15) is 0 Å². The summed E-state index contributed by atoms with van der Waals surface area (Å²) in [4.78, 5) is 23.9. The van der Waals surface area contributed by atoms with Crippen LogP contribution in [-0.2, 0) is 22.6 Å². The fourth-order valence-electron chi connectivity index (χ4n) is 3.05. The molecule has 162 valence electrons. The van der Waals surface area contributed by atoms with E-state index in [0.29, 0.717) is 43.1 Å². The number of carbonyl (C=O) groups excluding carboxylic acids is 2. The SMILES string of the molecule is CCCC(=O)Nc1ccc(CNC(=O)CCc2ccc(OC)c(OC)c2OC)cc1. The Hall–Kier alpha value is -3.22. The van der Waals surface area contributed by atoms with E-state index in [9.17, 15) is 9.59 Å². The molecule has 2 N–H and O–H groups in total. The van der Waals surface area contributed by atoms with Crippen molar-refractivity contribution in [1.82, 2.24) is 5.32 Å². The van der Waals surface area contributed by atoms with Crippen LogP contribution in [0.2, 0.25) is 0 Å². The Bertz CT molecular complexity index is 849. The van der Waals surface area contributed by atoms with Crippen LogP contribution in [-0.4, -0.2) is 33.1 Å². The lowest BCUT2D eigenvalue weighted by Gasteiger charge is -2.15. The van der Waals surface area contributed by atoms with E-state index in [-0.39, 0.29) is 11.8 Å². The average Bonchev–Trinajstić information content (AvgIpc) is 2.76. The fourth-order valence-corrected chi connectivity index (χ4v) is 3.05. The molecule has 2 aromatic carbocycles. The van der Waals surface area contributed by atoms with Crippen LogP contribution in [0.15, 0.2) is 36.4 Å². The van der Waals surface area contributed by atoms with Crippen molar-refractivity contribution >= 4 is 17.5 Å². The van der Waals surface area contributed by atoms with Crippen molar-refractivity contribution in [3.63, 3.8) is 0 Å². The second-order valence-electron chi connectivity index (χ2n) is 6.77. The van der Waals surface area contributed by atoms with Gasteiger partial charge in [0.1, 0.15) is 0 Å². The highest BCUT2D eigenvalue weighted by Crippen LogP contribution is 2.40. The number of hydrogen-bond donors (Lipinski definition) is 2. The molecule has 0 unspecified atom stereocenters. The standard InChI is InChI=1S/C23H30N2O5/c1-5-6-21(27)25-18-11-7-16(8-12-18)15-24-20(26)14-10-17-9-13-19(28-2)23(30-4)22(17)29-3/h7-9,11-13H,5-6,10,14-15H2,1-4H3,(H,24,26)(H,25,27). The molecule has 0 aliphatic heterocycles. The molecule has 0 heterocycles. The van der Waals surface area contributed by atoms with Crippen LogP contribution in [0, 0.1) is 0 Å². The van der Waals surface area contributed by atoms with Crippen LogP contribution >= 0.6 is 0 Å². The molecule has 0 aromatic heterocycles. The van der Waals surface area contributed by atoms with Gasteiger partial charge < -0.3 is 24.8 Å².